The minimum atomic E-state index is -0.0618. The Morgan fingerprint density at radius 1 is 1.38 bits per heavy atom. The molecule has 0 aliphatic heterocycles. The molecule has 1 heterocycles. The summed E-state index contributed by atoms with van der Waals surface area (Å²) in [7, 11) is 1.60. The lowest BCUT2D eigenvalue weighted by atomic mass is 10.1. The van der Waals surface area contributed by atoms with Gasteiger partial charge in [0, 0.05) is 5.39 Å². The van der Waals surface area contributed by atoms with Gasteiger partial charge in [0.15, 0.2) is 0 Å². The zero-order chi connectivity index (χ0) is 9.42. The lowest BCUT2D eigenvalue weighted by Crippen LogP contribution is -1.85. The number of hydrogen-bond donors (Lipinski definition) is 1. The number of aryl methyl sites for hydroxylation is 1. The molecule has 1 N–H and O–H groups in total. The van der Waals surface area contributed by atoms with Crippen molar-refractivity contribution in [2.24, 2.45) is 0 Å². The molecule has 13 heavy (non-hydrogen) atoms. The Hall–Kier alpha value is -1.64. The molecular weight excluding hydrogens is 168 g/mol. The number of hydrogen-bond acceptors (Lipinski definition) is 3. The highest BCUT2D eigenvalue weighted by Crippen LogP contribution is 2.32. The van der Waals surface area contributed by atoms with Crippen LogP contribution in [-0.2, 0) is 0 Å². The van der Waals surface area contributed by atoms with Gasteiger partial charge in [-0.15, -0.1) is 0 Å². The molecule has 1 aromatic heterocycles. The SMILES string of the molecule is COc1cc2c(O)occ2cc1C. The molecule has 3 heteroatoms. The van der Waals surface area contributed by atoms with E-state index in [1.807, 2.05) is 13.0 Å². The Bertz CT molecular complexity index is 443. The summed E-state index contributed by atoms with van der Waals surface area (Å²) in [6.07, 6.45) is 1.52. The number of rotatable bonds is 1. The number of fused-ring (bicyclic) bond motifs is 1. The molecular formula is C10H10O3. The third-order valence-corrected chi connectivity index (χ3v) is 2.09. The molecule has 1 aromatic carbocycles. The van der Waals surface area contributed by atoms with Gasteiger partial charge in [-0.25, -0.2) is 0 Å². The molecule has 0 fully saturated rings. The minimum absolute atomic E-state index is 0.0618. The van der Waals surface area contributed by atoms with Crippen LogP contribution in [0.15, 0.2) is 22.8 Å². The number of aromatic hydroxyl groups is 1. The fourth-order valence-corrected chi connectivity index (χ4v) is 1.40. The van der Waals surface area contributed by atoms with Crippen molar-refractivity contribution in [1.29, 1.82) is 0 Å². The first-order chi connectivity index (χ1) is 6.22. The summed E-state index contributed by atoms with van der Waals surface area (Å²) >= 11 is 0. The summed E-state index contributed by atoms with van der Waals surface area (Å²) in [5.74, 6) is 0.692. The van der Waals surface area contributed by atoms with Gasteiger partial charge in [-0.05, 0) is 24.6 Å². The highest BCUT2D eigenvalue weighted by molar-refractivity contribution is 5.88. The van der Waals surface area contributed by atoms with Crippen LogP contribution in [0.1, 0.15) is 5.56 Å². The van der Waals surface area contributed by atoms with Crippen LogP contribution < -0.4 is 4.74 Å². The predicted molar refractivity (Wildman–Crippen MR) is 49.2 cm³/mol. The molecule has 3 nitrogen and oxygen atoms in total. The fourth-order valence-electron chi connectivity index (χ4n) is 1.40. The van der Waals surface area contributed by atoms with Crippen molar-refractivity contribution in [1.82, 2.24) is 0 Å². The Morgan fingerprint density at radius 3 is 2.85 bits per heavy atom. The zero-order valence-electron chi connectivity index (χ0n) is 7.50. The van der Waals surface area contributed by atoms with Gasteiger partial charge in [-0.1, -0.05) is 0 Å². The molecule has 2 aromatic rings. The van der Waals surface area contributed by atoms with Crippen molar-refractivity contribution in [2.75, 3.05) is 7.11 Å². The van der Waals surface area contributed by atoms with Gasteiger partial charge in [-0.3, -0.25) is 0 Å². The van der Waals surface area contributed by atoms with E-state index in [0.717, 1.165) is 16.7 Å². The minimum Gasteiger partial charge on any atom is -0.496 e. The Morgan fingerprint density at radius 2 is 2.15 bits per heavy atom. The standard InChI is InChI=1S/C10H10O3/c1-6-3-7-5-13-10(11)8(7)4-9(6)12-2/h3-5,11H,1-2H3. The maximum absolute atomic E-state index is 9.30. The summed E-state index contributed by atoms with van der Waals surface area (Å²) in [5, 5.41) is 10.9. The molecule has 0 radical (unpaired) electrons. The predicted octanol–water partition coefficient (Wildman–Crippen LogP) is 2.46. The molecule has 0 aliphatic rings. The highest BCUT2D eigenvalue weighted by Gasteiger charge is 2.07. The third-order valence-electron chi connectivity index (χ3n) is 2.09. The number of methoxy groups -OCH3 is 1. The Labute approximate surface area is 75.5 Å². The van der Waals surface area contributed by atoms with Crippen LogP contribution in [0, 0.1) is 6.92 Å². The molecule has 0 saturated carbocycles. The Balaban J connectivity index is 2.77. The van der Waals surface area contributed by atoms with E-state index in [1.54, 1.807) is 13.2 Å². The molecule has 0 amide bonds. The normalized spacial score (nSPS) is 10.6. The van der Waals surface area contributed by atoms with E-state index < -0.39 is 0 Å². The summed E-state index contributed by atoms with van der Waals surface area (Å²) in [5.41, 5.74) is 1.02. The van der Waals surface area contributed by atoms with Crippen molar-refractivity contribution in [2.45, 2.75) is 6.92 Å². The number of benzene rings is 1. The summed E-state index contributed by atoms with van der Waals surface area (Å²) in [6.45, 7) is 1.95. The molecule has 0 saturated heterocycles. The van der Waals surface area contributed by atoms with Crippen LogP contribution in [-0.4, -0.2) is 12.2 Å². The highest BCUT2D eigenvalue weighted by atomic mass is 16.5. The quantitative estimate of drug-likeness (QED) is 0.729. The van der Waals surface area contributed by atoms with Crippen LogP contribution in [0.5, 0.6) is 11.7 Å². The van der Waals surface area contributed by atoms with Gasteiger partial charge in [0.1, 0.15) is 12.0 Å². The van der Waals surface area contributed by atoms with E-state index >= 15 is 0 Å². The number of ether oxygens (including phenoxy) is 1. The van der Waals surface area contributed by atoms with E-state index in [9.17, 15) is 5.11 Å². The third kappa shape index (κ3) is 1.13. The zero-order valence-corrected chi connectivity index (χ0v) is 7.50. The second-order valence-electron chi connectivity index (χ2n) is 2.95. The largest absolute Gasteiger partial charge is 0.496 e. The van der Waals surface area contributed by atoms with Gasteiger partial charge in [-0.2, -0.15) is 0 Å². The van der Waals surface area contributed by atoms with Gasteiger partial charge < -0.3 is 14.3 Å². The fraction of sp³-hybridized carbons (Fsp3) is 0.200. The van der Waals surface area contributed by atoms with Crippen LogP contribution >= 0.6 is 0 Å². The van der Waals surface area contributed by atoms with E-state index in [-0.39, 0.29) is 5.95 Å². The van der Waals surface area contributed by atoms with Gasteiger partial charge in [0.25, 0.3) is 5.95 Å². The van der Waals surface area contributed by atoms with Gasteiger partial charge in [0.2, 0.25) is 0 Å². The first kappa shape index (κ1) is 7.98. The second kappa shape index (κ2) is 2.69. The molecule has 0 spiro atoms. The van der Waals surface area contributed by atoms with E-state index in [1.165, 1.54) is 6.26 Å². The summed E-state index contributed by atoms with van der Waals surface area (Å²) in [6, 6.07) is 3.68. The van der Waals surface area contributed by atoms with Crippen LogP contribution in [0.4, 0.5) is 0 Å². The van der Waals surface area contributed by atoms with E-state index in [2.05, 4.69) is 0 Å². The van der Waals surface area contributed by atoms with Crippen molar-refractivity contribution < 1.29 is 14.3 Å². The average Bonchev–Trinajstić information content (AvgIpc) is 2.46. The molecule has 0 unspecified atom stereocenters. The van der Waals surface area contributed by atoms with E-state index in [0.29, 0.717) is 5.39 Å². The van der Waals surface area contributed by atoms with Crippen LogP contribution in [0.2, 0.25) is 0 Å². The first-order valence-electron chi connectivity index (χ1n) is 3.97. The first-order valence-corrected chi connectivity index (χ1v) is 3.97. The molecule has 0 bridgehead atoms. The molecule has 68 valence electrons. The van der Waals surface area contributed by atoms with Crippen LogP contribution in [0.25, 0.3) is 10.8 Å². The Kier molecular flexibility index (Phi) is 1.65. The van der Waals surface area contributed by atoms with Crippen molar-refractivity contribution in [3.05, 3.63) is 24.0 Å². The maximum Gasteiger partial charge on any atom is 0.290 e. The monoisotopic (exact) mass is 178 g/mol. The topological polar surface area (TPSA) is 42.6 Å². The van der Waals surface area contributed by atoms with Crippen molar-refractivity contribution >= 4 is 10.8 Å². The smallest absolute Gasteiger partial charge is 0.290 e. The average molecular weight is 178 g/mol. The van der Waals surface area contributed by atoms with Gasteiger partial charge >= 0.3 is 0 Å². The molecule has 0 atom stereocenters. The molecule has 2 rings (SSSR count). The van der Waals surface area contributed by atoms with Crippen molar-refractivity contribution in [3.63, 3.8) is 0 Å². The van der Waals surface area contributed by atoms with Crippen molar-refractivity contribution in [3.8, 4) is 11.7 Å². The second-order valence-corrected chi connectivity index (χ2v) is 2.95. The number of furan rings is 1. The van der Waals surface area contributed by atoms with E-state index in [4.69, 9.17) is 9.15 Å². The van der Waals surface area contributed by atoms with Crippen LogP contribution in [0.3, 0.4) is 0 Å². The van der Waals surface area contributed by atoms with Gasteiger partial charge in [0.05, 0.1) is 12.5 Å². The lowest BCUT2D eigenvalue weighted by molar-refractivity contribution is 0.337. The lowest BCUT2D eigenvalue weighted by Gasteiger charge is -2.03. The summed E-state index contributed by atoms with van der Waals surface area (Å²) in [4.78, 5) is 0. The maximum atomic E-state index is 9.30. The summed E-state index contributed by atoms with van der Waals surface area (Å²) < 4.78 is 9.99. The molecule has 0 aliphatic carbocycles.